The minimum absolute atomic E-state index is 0. The van der Waals surface area contributed by atoms with Gasteiger partial charge in [0.15, 0.2) is 5.78 Å². The molecule has 7 heteroatoms. The predicted molar refractivity (Wildman–Crippen MR) is 192 cm³/mol. The number of fused-ring (bicyclic) bond motifs is 3. The Hall–Kier alpha value is -3.64. The quantitative estimate of drug-likeness (QED) is 0.109. The Morgan fingerprint density at radius 2 is 1.55 bits per heavy atom. The van der Waals surface area contributed by atoms with Gasteiger partial charge in [0, 0.05) is 58.2 Å². The van der Waals surface area contributed by atoms with Gasteiger partial charge >= 0.3 is 0 Å². The van der Waals surface area contributed by atoms with Gasteiger partial charge in [-0.15, -0.1) is 40.5 Å². The van der Waals surface area contributed by atoms with E-state index in [0.717, 1.165) is 48.3 Å². The zero-order valence-corrected chi connectivity index (χ0v) is 32.0. The van der Waals surface area contributed by atoms with E-state index < -0.39 is 5.41 Å². The molecule has 0 saturated carbocycles. The summed E-state index contributed by atoms with van der Waals surface area (Å²) in [5.74, 6) is 0.992. The van der Waals surface area contributed by atoms with E-state index in [2.05, 4.69) is 86.4 Å². The van der Waals surface area contributed by atoms with Crippen molar-refractivity contribution in [2.24, 2.45) is 10.8 Å². The summed E-state index contributed by atoms with van der Waals surface area (Å²) in [6.45, 7) is 20.0. The fourth-order valence-corrected chi connectivity index (χ4v) is 6.32. The smallest absolute Gasteiger partial charge is 0.164 e. The molecule has 6 aromatic rings. The van der Waals surface area contributed by atoms with E-state index in [-0.39, 0.29) is 42.5 Å². The molecular formula is C40H43IrN2O3S-. The van der Waals surface area contributed by atoms with Gasteiger partial charge in [0.05, 0.1) is 11.1 Å². The second-order valence-corrected chi connectivity index (χ2v) is 15.9. The van der Waals surface area contributed by atoms with Crippen molar-refractivity contribution in [2.45, 2.75) is 74.7 Å². The maximum absolute atomic E-state index is 11.5. The van der Waals surface area contributed by atoms with Crippen molar-refractivity contribution in [2.75, 3.05) is 0 Å². The summed E-state index contributed by atoms with van der Waals surface area (Å²) < 4.78 is 7.31. The van der Waals surface area contributed by atoms with Crippen molar-refractivity contribution in [1.82, 2.24) is 10.2 Å². The molecular weight excluding hydrogens is 781 g/mol. The van der Waals surface area contributed by atoms with Crippen LogP contribution in [0.3, 0.4) is 0 Å². The summed E-state index contributed by atoms with van der Waals surface area (Å²) in [5, 5.41) is 23.1. The third kappa shape index (κ3) is 7.75. The molecule has 0 aliphatic rings. The maximum atomic E-state index is 11.5. The Balaban J connectivity index is 0.000000307. The van der Waals surface area contributed by atoms with Gasteiger partial charge in [-0.05, 0) is 30.0 Å². The predicted octanol–water partition coefficient (Wildman–Crippen LogP) is 11.4. The van der Waals surface area contributed by atoms with E-state index in [1.165, 1.54) is 22.6 Å². The number of rotatable bonds is 3. The molecule has 0 unspecified atom stereocenters. The van der Waals surface area contributed by atoms with Gasteiger partial charge in [0.2, 0.25) is 0 Å². The SMILES string of the molecule is CC(C)(C)C(=O)/C=C(\O)C(C)(C)C.Cc1c(-c2cc3ccccc3o2)sc2c(-c3[c-]c4ccccc4c(C(C)(C)C)c3)nncc12.[Ir]. The Labute approximate surface area is 295 Å². The number of carbonyl (C=O) groups is 1. The third-order valence-electron chi connectivity index (χ3n) is 8.02. The summed E-state index contributed by atoms with van der Waals surface area (Å²) in [6.07, 6.45) is 3.20. The average molecular weight is 824 g/mol. The van der Waals surface area contributed by atoms with E-state index >= 15 is 0 Å². The molecule has 0 amide bonds. The standard InChI is InChI=1S/C29H23N2OS.C11H20O2.Ir/c1-17-22-16-30-31-26(20-13-18-9-5-7-11-21(18)23(14-20)29(2,3)4)28(22)33-27(17)25-15-19-10-6-8-12-24(19)32-25;1-10(2,3)8(12)7-9(13)11(4,5)6;/h5-12,14-16H,1-4H3;7,12H,1-6H3;/q-1;;/b;8-7-;. The molecule has 1 radical (unpaired) electrons. The molecule has 0 aliphatic heterocycles. The molecule has 0 saturated heterocycles. The van der Waals surface area contributed by atoms with Crippen LogP contribution in [0.4, 0.5) is 0 Å². The first-order chi connectivity index (χ1) is 21.4. The molecule has 47 heavy (non-hydrogen) atoms. The zero-order valence-electron chi connectivity index (χ0n) is 28.8. The second kappa shape index (κ2) is 13.5. The number of thiophene rings is 1. The van der Waals surface area contributed by atoms with E-state index in [1.807, 2.05) is 65.9 Å². The summed E-state index contributed by atoms with van der Waals surface area (Å²) in [6, 6.07) is 24.6. The average Bonchev–Trinajstić information content (AvgIpc) is 3.56. The first kappa shape index (κ1) is 36.2. The number of nitrogens with zero attached hydrogens (tertiary/aromatic N) is 2. The Kier molecular flexibility index (Phi) is 10.4. The molecule has 1 N–H and O–H groups in total. The van der Waals surface area contributed by atoms with Crippen LogP contribution in [0.15, 0.2) is 83.1 Å². The topological polar surface area (TPSA) is 76.2 Å². The van der Waals surface area contributed by atoms with Gasteiger partial charge in [-0.3, -0.25) is 4.79 Å². The number of aliphatic hydroxyl groups is 1. The molecule has 3 aromatic carbocycles. The number of allylic oxidation sites excluding steroid dienone is 2. The Morgan fingerprint density at radius 3 is 2.19 bits per heavy atom. The molecule has 5 nitrogen and oxygen atoms in total. The van der Waals surface area contributed by atoms with Crippen molar-refractivity contribution in [3.8, 4) is 21.9 Å². The van der Waals surface area contributed by atoms with Gasteiger partial charge < -0.3 is 9.52 Å². The number of hydrogen-bond acceptors (Lipinski definition) is 6. The van der Waals surface area contributed by atoms with Crippen molar-refractivity contribution in [1.29, 1.82) is 0 Å². The van der Waals surface area contributed by atoms with Gasteiger partial charge in [-0.25, -0.2) is 0 Å². The number of hydrogen-bond donors (Lipinski definition) is 1. The number of para-hydroxylation sites is 1. The third-order valence-corrected chi connectivity index (χ3v) is 9.35. The first-order valence-electron chi connectivity index (χ1n) is 15.6. The van der Waals surface area contributed by atoms with Gasteiger partial charge in [-0.2, -0.15) is 10.2 Å². The van der Waals surface area contributed by atoms with Crippen LogP contribution >= 0.6 is 11.3 Å². The van der Waals surface area contributed by atoms with E-state index in [4.69, 9.17) is 4.42 Å². The summed E-state index contributed by atoms with van der Waals surface area (Å²) >= 11 is 1.72. The summed E-state index contributed by atoms with van der Waals surface area (Å²) in [4.78, 5) is 12.6. The number of ketones is 1. The number of furan rings is 1. The number of aromatic nitrogens is 2. The van der Waals surface area contributed by atoms with Crippen LogP contribution in [-0.2, 0) is 30.3 Å². The number of benzene rings is 3. The van der Waals surface area contributed by atoms with Gasteiger partial charge in [0.25, 0.3) is 0 Å². The van der Waals surface area contributed by atoms with E-state index in [0.29, 0.717) is 0 Å². The monoisotopic (exact) mass is 824 g/mol. The van der Waals surface area contributed by atoms with Crippen LogP contribution in [0.5, 0.6) is 0 Å². The molecule has 3 aromatic heterocycles. The molecule has 3 heterocycles. The molecule has 0 atom stereocenters. The van der Waals surface area contributed by atoms with E-state index in [1.54, 1.807) is 11.3 Å². The summed E-state index contributed by atoms with van der Waals surface area (Å²) in [5.41, 5.74) is 4.45. The molecule has 0 bridgehead atoms. The second-order valence-electron chi connectivity index (χ2n) is 14.9. The number of carbonyl (C=O) groups excluding carboxylic acids is 1. The Morgan fingerprint density at radius 1 is 0.894 bits per heavy atom. The van der Waals surface area contributed by atoms with Crippen molar-refractivity contribution < 1.29 is 34.4 Å². The van der Waals surface area contributed by atoms with Crippen molar-refractivity contribution in [3.05, 3.63) is 95.9 Å². The van der Waals surface area contributed by atoms with Gasteiger partial charge in [-0.1, -0.05) is 110 Å². The molecule has 0 fully saturated rings. The largest absolute Gasteiger partial charge is 0.512 e. The van der Waals surface area contributed by atoms with E-state index in [9.17, 15) is 9.90 Å². The number of aliphatic hydroxyl groups excluding tert-OH is 1. The fraction of sp³-hybridized carbons (Fsp3) is 0.325. The van der Waals surface area contributed by atoms with Crippen LogP contribution < -0.4 is 0 Å². The minimum Gasteiger partial charge on any atom is -0.512 e. The van der Waals surface area contributed by atoms with Crippen LogP contribution in [0.25, 0.3) is 53.7 Å². The molecule has 247 valence electrons. The number of aryl methyl sites for hydroxylation is 1. The van der Waals surface area contributed by atoms with Crippen LogP contribution in [0, 0.1) is 23.8 Å². The van der Waals surface area contributed by atoms with Crippen LogP contribution in [0.2, 0.25) is 0 Å². The van der Waals surface area contributed by atoms with Crippen LogP contribution in [-0.4, -0.2) is 21.1 Å². The normalized spacial score (nSPS) is 12.6. The zero-order chi connectivity index (χ0) is 33.6. The maximum Gasteiger partial charge on any atom is 0.164 e. The molecule has 6 rings (SSSR count). The van der Waals surface area contributed by atoms with Crippen molar-refractivity contribution >= 4 is 48.9 Å². The Bertz CT molecular complexity index is 2070. The summed E-state index contributed by atoms with van der Waals surface area (Å²) in [7, 11) is 0. The first-order valence-corrected chi connectivity index (χ1v) is 16.4. The van der Waals surface area contributed by atoms with Gasteiger partial charge in [0.1, 0.15) is 17.1 Å². The van der Waals surface area contributed by atoms with Crippen molar-refractivity contribution in [3.63, 3.8) is 0 Å². The minimum atomic E-state index is -0.417. The molecule has 0 aliphatic carbocycles. The fourth-order valence-electron chi connectivity index (χ4n) is 5.09. The van der Waals surface area contributed by atoms with Crippen LogP contribution in [0.1, 0.15) is 73.4 Å². The molecule has 0 spiro atoms.